The molecule has 28 heavy (non-hydrogen) atoms. The minimum atomic E-state index is -0.0971. The van der Waals surface area contributed by atoms with Crippen LogP contribution < -0.4 is 20.3 Å². The molecule has 1 saturated heterocycles. The van der Waals surface area contributed by atoms with E-state index in [1.165, 1.54) is 0 Å². The molecule has 0 saturated carbocycles. The first-order valence-corrected chi connectivity index (χ1v) is 9.01. The molecule has 7 heteroatoms. The van der Waals surface area contributed by atoms with E-state index in [1.807, 2.05) is 49.4 Å². The maximum Gasteiger partial charge on any atom is 0.174 e. The number of ether oxygens (including phenoxy) is 2. The molecule has 2 N–H and O–H groups in total. The zero-order valence-electron chi connectivity index (χ0n) is 15.4. The largest absolute Gasteiger partial charge is 0.487 e. The molecule has 1 aromatic heterocycles. The van der Waals surface area contributed by atoms with E-state index in [0.717, 1.165) is 22.8 Å². The number of hydrogen-bond acceptors (Lipinski definition) is 7. The Morgan fingerprint density at radius 1 is 1.18 bits per heavy atom. The lowest BCUT2D eigenvalue weighted by atomic mass is 10.0. The Balaban J connectivity index is 1.44. The van der Waals surface area contributed by atoms with Crippen molar-refractivity contribution in [2.75, 3.05) is 6.54 Å². The summed E-state index contributed by atoms with van der Waals surface area (Å²) in [5.41, 5.74) is 8.90. The molecule has 4 rings (SSSR count). The fourth-order valence-electron chi connectivity index (χ4n) is 3.11. The highest BCUT2D eigenvalue weighted by Gasteiger charge is 2.30. The van der Waals surface area contributed by atoms with Gasteiger partial charge in [-0.1, -0.05) is 17.3 Å². The van der Waals surface area contributed by atoms with Crippen LogP contribution in [0.2, 0.25) is 0 Å². The smallest absolute Gasteiger partial charge is 0.174 e. The van der Waals surface area contributed by atoms with Gasteiger partial charge >= 0.3 is 0 Å². The van der Waals surface area contributed by atoms with Gasteiger partial charge in [0.15, 0.2) is 5.76 Å². The lowest BCUT2D eigenvalue weighted by Crippen LogP contribution is -2.27. The zero-order chi connectivity index (χ0) is 19.3. The predicted octanol–water partition coefficient (Wildman–Crippen LogP) is 3.03. The van der Waals surface area contributed by atoms with Gasteiger partial charge in [0, 0.05) is 12.6 Å². The van der Waals surface area contributed by atoms with Crippen molar-refractivity contribution < 1.29 is 14.0 Å². The molecule has 0 spiro atoms. The van der Waals surface area contributed by atoms with Gasteiger partial charge in [0.25, 0.3) is 0 Å². The number of nitriles is 1. The molecule has 142 valence electrons. The predicted molar refractivity (Wildman–Crippen MR) is 101 cm³/mol. The summed E-state index contributed by atoms with van der Waals surface area (Å²) in [6.07, 6.45) is -0.0971. The molecular formula is C21H20N4O3. The third kappa shape index (κ3) is 4.14. The van der Waals surface area contributed by atoms with Gasteiger partial charge in [0.05, 0.1) is 23.4 Å². The molecule has 2 atom stereocenters. The molecule has 2 aromatic carbocycles. The lowest BCUT2D eigenvalue weighted by Gasteiger charge is -2.21. The minimum Gasteiger partial charge on any atom is -0.487 e. The number of benzene rings is 2. The molecule has 1 fully saturated rings. The van der Waals surface area contributed by atoms with Crippen LogP contribution in [0.15, 0.2) is 59.1 Å². The number of rotatable bonds is 6. The number of nitrogens with one attached hydrogen (secondary N) is 2. The molecule has 7 nitrogen and oxygen atoms in total. The van der Waals surface area contributed by atoms with Crippen molar-refractivity contribution in [1.82, 2.24) is 16.0 Å². The number of hydrazine groups is 1. The van der Waals surface area contributed by atoms with E-state index < -0.39 is 0 Å². The fraction of sp³-hybridized carbons (Fsp3) is 0.238. The van der Waals surface area contributed by atoms with Crippen LogP contribution in [0.5, 0.6) is 11.5 Å². The Kier molecular flexibility index (Phi) is 5.24. The maximum atomic E-state index is 8.92. The summed E-state index contributed by atoms with van der Waals surface area (Å²) in [6, 6.07) is 18.9. The molecular weight excluding hydrogens is 356 g/mol. The second-order valence-corrected chi connectivity index (χ2v) is 6.59. The second kappa shape index (κ2) is 8.13. The van der Waals surface area contributed by atoms with E-state index in [0.29, 0.717) is 24.5 Å². The van der Waals surface area contributed by atoms with Gasteiger partial charge in [-0.05, 0) is 48.9 Å². The van der Waals surface area contributed by atoms with E-state index in [1.54, 1.807) is 12.1 Å². The summed E-state index contributed by atoms with van der Waals surface area (Å²) in [5, 5.41) is 12.8. The first-order valence-electron chi connectivity index (χ1n) is 9.01. The lowest BCUT2D eigenvalue weighted by molar-refractivity contribution is 0.197. The number of aryl methyl sites for hydroxylation is 1. The van der Waals surface area contributed by atoms with Crippen LogP contribution in [-0.4, -0.2) is 17.8 Å². The number of nitrogens with zero attached hydrogens (tertiary/aromatic N) is 2. The average Bonchev–Trinajstić information content (AvgIpc) is 3.36. The summed E-state index contributed by atoms with van der Waals surface area (Å²) in [7, 11) is 0. The van der Waals surface area contributed by atoms with Gasteiger partial charge in [-0.25, -0.2) is 5.43 Å². The van der Waals surface area contributed by atoms with Gasteiger partial charge in [-0.3, -0.25) is 5.43 Å². The zero-order valence-corrected chi connectivity index (χ0v) is 15.4. The number of aromatic nitrogens is 1. The van der Waals surface area contributed by atoms with Gasteiger partial charge in [-0.15, -0.1) is 0 Å². The van der Waals surface area contributed by atoms with E-state index >= 15 is 0 Å². The van der Waals surface area contributed by atoms with E-state index in [-0.39, 0.29) is 12.1 Å². The van der Waals surface area contributed by atoms with Crippen LogP contribution in [0.4, 0.5) is 0 Å². The topological polar surface area (TPSA) is 92.3 Å². The van der Waals surface area contributed by atoms with Crippen LogP contribution in [0.3, 0.4) is 0 Å². The first kappa shape index (κ1) is 18.0. The molecule has 2 heterocycles. The van der Waals surface area contributed by atoms with Crippen molar-refractivity contribution in [2.45, 2.75) is 25.7 Å². The van der Waals surface area contributed by atoms with E-state index in [4.69, 9.17) is 19.3 Å². The summed E-state index contributed by atoms with van der Waals surface area (Å²) in [4.78, 5) is 0. The molecule has 1 aliphatic heterocycles. The normalized spacial score (nSPS) is 18.6. The van der Waals surface area contributed by atoms with Crippen LogP contribution in [0.1, 0.15) is 28.6 Å². The van der Waals surface area contributed by atoms with Crippen molar-refractivity contribution in [1.29, 1.82) is 5.26 Å². The highest BCUT2D eigenvalue weighted by molar-refractivity contribution is 5.35. The van der Waals surface area contributed by atoms with Crippen LogP contribution in [0.25, 0.3) is 0 Å². The fourth-order valence-corrected chi connectivity index (χ4v) is 3.11. The Morgan fingerprint density at radius 3 is 2.79 bits per heavy atom. The molecule has 0 aliphatic carbocycles. The Morgan fingerprint density at radius 2 is 2.04 bits per heavy atom. The highest BCUT2D eigenvalue weighted by atomic mass is 16.5. The third-order valence-corrected chi connectivity index (χ3v) is 4.48. The summed E-state index contributed by atoms with van der Waals surface area (Å²) < 4.78 is 17.1. The second-order valence-electron chi connectivity index (χ2n) is 6.59. The molecule has 3 aromatic rings. The van der Waals surface area contributed by atoms with Crippen LogP contribution >= 0.6 is 0 Å². The Hall–Kier alpha value is -3.34. The number of hydrogen-bond donors (Lipinski definition) is 2. The van der Waals surface area contributed by atoms with Gasteiger partial charge in [0.2, 0.25) is 0 Å². The summed E-state index contributed by atoms with van der Waals surface area (Å²) >= 11 is 0. The standard InChI is InChI=1S/C21H20N4O3/c1-14-9-19(28-25-14)13-26-18-4-2-3-16(10-18)21-20(12-23-24-21)27-17-7-5-15(11-22)6-8-17/h2-10,20-21,23-24H,12-13H2,1H3. The molecule has 2 unspecified atom stereocenters. The molecule has 0 bridgehead atoms. The van der Waals surface area contributed by atoms with Gasteiger partial charge in [-0.2, -0.15) is 5.26 Å². The van der Waals surface area contributed by atoms with Crippen molar-refractivity contribution in [3.8, 4) is 17.6 Å². The van der Waals surface area contributed by atoms with Crippen molar-refractivity contribution >= 4 is 0 Å². The van der Waals surface area contributed by atoms with Crippen molar-refractivity contribution in [3.05, 3.63) is 77.2 Å². The van der Waals surface area contributed by atoms with Crippen molar-refractivity contribution in [2.24, 2.45) is 0 Å². The van der Waals surface area contributed by atoms with Crippen LogP contribution in [-0.2, 0) is 6.61 Å². The monoisotopic (exact) mass is 376 g/mol. The van der Waals surface area contributed by atoms with Crippen LogP contribution in [0, 0.1) is 18.3 Å². The average molecular weight is 376 g/mol. The molecule has 0 radical (unpaired) electrons. The van der Waals surface area contributed by atoms with E-state index in [2.05, 4.69) is 22.1 Å². The van der Waals surface area contributed by atoms with Gasteiger partial charge < -0.3 is 14.0 Å². The molecule has 0 amide bonds. The van der Waals surface area contributed by atoms with Crippen molar-refractivity contribution in [3.63, 3.8) is 0 Å². The Labute approximate surface area is 162 Å². The summed E-state index contributed by atoms with van der Waals surface area (Å²) in [6.45, 7) is 2.86. The quantitative estimate of drug-likeness (QED) is 0.683. The maximum absolute atomic E-state index is 8.92. The minimum absolute atomic E-state index is 0.0354. The Bertz CT molecular complexity index is 978. The van der Waals surface area contributed by atoms with E-state index in [9.17, 15) is 0 Å². The summed E-state index contributed by atoms with van der Waals surface area (Å²) in [5.74, 6) is 2.16. The van der Waals surface area contributed by atoms with Gasteiger partial charge in [0.1, 0.15) is 24.2 Å². The molecule has 1 aliphatic rings. The third-order valence-electron chi connectivity index (χ3n) is 4.48. The highest BCUT2D eigenvalue weighted by Crippen LogP contribution is 2.27. The first-order chi connectivity index (χ1) is 13.7. The SMILES string of the molecule is Cc1cc(COc2cccc(C3NNCC3Oc3ccc(C#N)cc3)c2)on1.